The molecule has 1 heterocycles. The zero-order chi connectivity index (χ0) is 14.4. The van der Waals surface area contributed by atoms with Crippen molar-refractivity contribution in [1.82, 2.24) is 9.97 Å². The summed E-state index contributed by atoms with van der Waals surface area (Å²) >= 11 is 10.2. The maximum absolute atomic E-state index is 6.03. The van der Waals surface area contributed by atoms with Crippen molar-refractivity contribution in [3.63, 3.8) is 0 Å². The molecule has 5 nitrogen and oxygen atoms in total. The number of methoxy groups -OCH3 is 1. The number of ether oxygens (including phenoxy) is 1. The van der Waals surface area contributed by atoms with Gasteiger partial charge >= 0.3 is 0 Å². The summed E-state index contributed by atoms with van der Waals surface area (Å²) in [6.07, 6.45) is 1.55. The van der Waals surface area contributed by atoms with E-state index < -0.39 is 0 Å². The van der Waals surface area contributed by atoms with Gasteiger partial charge in [-0.1, -0.05) is 23.7 Å². The lowest BCUT2D eigenvalue weighted by atomic mass is 10.3. The van der Waals surface area contributed by atoms with Gasteiger partial charge in [0.1, 0.15) is 10.8 Å². The van der Waals surface area contributed by atoms with Gasteiger partial charge in [-0.3, -0.25) is 0 Å². The van der Waals surface area contributed by atoms with Gasteiger partial charge in [-0.2, -0.15) is 17.6 Å². The molecule has 0 radical (unpaired) electrons. The van der Waals surface area contributed by atoms with Crippen molar-refractivity contribution in [1.29, 1.82) is 0 Å². The summed E-state index contributed by atoms with van der Waals surface area (Å²) in [5.74, 6) is 2.43. The average molecular weight is 311 g/mol. The molecule has 0 saturated heterocycles. The molecule has 0 aliphatic carbocycles. The van der Waals surface area contributed by atoms with E-state index in [4.69, 9.17) is 16.3 Å². The van der Waals surface area contributed by atoms with Crippen LogP contribution in [0.5, 0.6) is 5.75 Å². The van der Waals surface area contributed by atoms with E-state index in [1.165, 1.54) is 0 Å². The number of halogens is 1. The van der Waals surface area contributed by atoms with Crippen LogP contribution < -0.4 is 15.4 Å². The standard InChI is InChI=1S/C13H15ClN4OS/c1-19-11-5-3-2-4-10(11)17-13-16-8-9(14)12(18-13)15-6-7-20/h2-5,8,20H,6-7H2,1H3,(H2,15,16,17,18). The highest BCUT2D eigenvalue weighted by Crippen LogP contribution is 2.27. The molecule has 106 valence electrons. The Hall–Kier alpha value is -1.66. The monoisotopic (exact) mass is 310 g/mol. The molecule has 0 amide bonds. The molecule has 20 heavy (non-hydrogen) atoms. The Morgan fingerprint density at radius 3 is 2.90 bits per heavy atom. The second-order valence-corrected chi connectivity index (χ2v) is 4.72. The van der Waals surface area contributed by atoms with Crippen LogP contribution in [0, 0.1) is 0 Å². The second-order valence-electron chi connectivity index (χ2n) is 3.87. The number of anilines is 3. The summed E-state index contributed by atoms with van der Waals surface area (Å²) in [5, 5.41) is 6.66. The number of para-hydroxylation sites is 2. The molecular weight excluding hydrogens is 296 g/mol. The molecule has 0 atom stereocenters. The zero-order valence-electron chi connectivity index (χ0n) is 10.9. The van der Waals surface area contributed by atoms with Crippen LogP contribution in [-0.2, 0) is 0 Å². The van der Waals surface area contributed by atoms with Crippen molar-refractivity contribution in [3.8, 4) is 5.75 Å². The van der Waals surface area contributed by atoms with Gasteiger partial charge in [-0.25, -0.2) is 4.98 Å². The van der Waals surface area contributed by atoms with Gasteiger partial charge < -0.3 is 15.4 Å². The minimum Gasteiger partial charge on any atom is -0.495 e. The van der Waals surface area contributed by atoms with Gasteiger partial charge in [0.2, 0.25) is 5.95 Å². The smallest absolute Gasteiger partial charge is 0.229 e. The first-order valence-electron chi connectivity index (χ1n) is 6.02. The number of hydrogen-bond acceptors (Lipinski definition) is 6. The summed E-state index contributed by atoms with van der Waals surface area (Å²) in [6.45, 7) is 0.675. The molecule has 1 aromatic carbocycles. The fourth-order valence-corrected chi connectivity index (χ4v) is 1.86. The molecule has 2 aromatic rings. The number of thiol groups is 1. The summed E-state index contributed by atoms with van der Waals surface area (Å²) in [7, 11) is 1.61. The SMILES string of the molecule is COc1ccccc1Nc1ncc(Cl)c(NCCS)n1. The molecule has 1 aromatic heterocycles. The van der Waals surface area contributed by atoms with Crippen LogP contribution in [0.4, 0.5) is 17.5 Å². The number of aromatic nitrogens is 2. The van der Waals surface area contributed by atoms with Crippen LogP contribution in [0.3, 0.4) is 0 Å². The molecule has 0 aliphatic heterocycles. The second kappa shape index (κ2) is 7.21. The van der Waals surface area contributed by atoms with Crippen molar-refractivity contribution in [2.24, 2.45) is 0 Å². The lowest BCUT2D eigenvalue weighted by Gasteiger charge is -2.11. The van der Waals surface area contributed by atoms with Crippen LogP contribution >= 0.6 is 24.2 Å². The Morgan fingerprint density at radius 2 is 2.15 bits per heavy atom. The molecule has 0 aliphatic rings. The molecule has 7 heteroatoms. The van der Waals surface area contributed by atoms with Gasteiger partial charge in [0.25, 0.3) is 0 Å². The maximum Gasteiger partial charge on any atom is 0.229 e. The number of benzene rings is 1. The van der Waals surface area contributed by atoms with E-state index in [0.29, 0.717) is 29.1 Å². The van der Waals surface area contributed by atoms with Crippen molar-refractivity contribution in [2.75, 3.05) is 30.0 Å². The molecular formula is C13H15ClN4OS. The summed E-state index contributed by atoms with van der Waals surface area (Å²) in [4.78, 5) is 8.47. The minimum absolute atomic E-state index is 0.445. The third-order valence-electron chi connectivity index (χ3n) is 2.50. The Bertz CT molecular complexity index is 582. The third kappa shape index (κ3) is 3.68. The lowest BCUT2D eigenvalue weighted by Crippen LogP contribution is -2.07. The summed E-state index contributed by atoms with van der Waals surface area (Å²) in [6, 6.07) is 7.54. The van der Waals surface area contributed by atoms with Crippen LogP contribution in [-0.4, -0.2) is 29.4 Å². The van der Waals surface area contributed by atoms with Gasteiger partial charge in [0.05, 0.1) is 19.0 Å². The Balaban J connectivity index is 2.20. The number of nitrogens with zero attached hydrogens (tertiary/aromatic N) is 2. The summed E-state index contributed by atoms with van der Waals surface area (Å²) in [5.41, 5.74) is 0.789. The van der Waals surface area contributed by atoms with Crippen molar-refractivity contribution in [2.45, 2.75) is 0 Å². The van der Waals surface area contributed by atoms with E-state index in [0.717, 1.165) is 11.4 Å². The number of rotatable bonds is 6. The first-order valence-corrected chi connectivity index (χ1v) is 7.03. The van der Waals surface area contributed by atoms with Crippen LogP contribution in [0.15, 0.2) is 30.5 Å². The van der Waals surface area contributed by atoms with E-state index in [-0.39, 0.29) is 0 Å². The maximum atomic E-state index is 6.03. The Kier molecular flexibility index (Phi) is 5.31. The van der Waals surface area contributed by atoms with Crippen molar-refractivity contribution < 1.29 is 4.74 Å². The van der Waals surface area contributed by atoms with E-state index in [2.05, 4.69) is 33.2 Å². The van der Waals surface area contributed by atoms with E-state index in [1.54, 1.807) is 13.3 Å². The van der Waals surface area contributed by atoms with Crippen LogP contribution in [0.2, 0.25) is 5.02 Å². The Morgan fingerprint density at radius 1 is 1.35 bits per heavy atom. The topological polar surface area (TPSA) is 59.1 Å². The quantitative estimate of drug-likeness (QED) is 0.715. The predicted molar refractivity (Wildman–Crippen MR) is 85.7 cm³/mol. The molecule has 0 spiro atoms. The Labute approximate surface area is 128 Å². The van der Waals surface area contributed by atoms with E-state index in [9.17, 15) is 0 Å². The minimum atomic E-state index is 0.445. The van der Waals surface area contributed by atoms with Gasteiger partial charge in [-0.05, 0) is 12.1 Å². The average Bonchev–Trinajstić information content (AvgIpc) is 2.48. The van der Waals surface area contributed by atoms with E-state index in [1.807, 2.05) is 24.3 Å². The molecule has 2 N–H and O–H groups in total. The highest BCUT2D eigenvalue weighted by Gasteiger charge is 2.07. The number of hydrogen-bond donors (Lipinski definition) is 3. The zero-order valence-corrected chi connectivity index (χ0v) is 12.6. The fraction of sp³-hybridized carbons (Fsp3) is 0.231. The molecule has 2 rings (SSSR count). The first-order chi connectivity index (χ1) is 9.74. The highest BCUT2D eigenvalue weighted by atomic mass is 35.5. The van der Waals surface area contributed by atoms with Crippen molar-refractivity contribution >= 4 is 41.7 Å². The molecule has 0 fully saturated rings. The first kappa shape index (κ1) is 14.7. The third-order valence-corrected chi connectivity index (χ3v) is 3.00. The largest absolute Gasteiger partial charge is 0.495 e. The molecule has 0 bridgehead atoms. The van der Waals surface area contributed by atoms with Crippen LogP contribution in [0.1, 0.15) is 0 Å². The number of nitrogens with one attached hydrogen (secondary N) is 2. The van der Waals surface area contributed by atoms with Crippen molar-refractivity contribution in [3.05, 3.63) is 35.5 Å². The van der Waals surface area contributed by atoms with Gasteiger partial charge in [-0.15, -0.1) is 0 Å². The lowest BCUT2D eigenvalue weighted by molar-refractivity contribution is 0.417. The van der Waals surface area contributed by atoms with Gasteiger partial charge in [0.15, 0.2) is 5.82 Å². The van der Waals surface area contributed by atoms with Gasteiger partial charge in [0, 0.05) is 12.3 Å². The highest BCUT2D eigenvalue weighted by molar-refractivity contribution is 7.80. The summed E-state index contributed by atoms with van der Waals surface area (Å²) < 4.78 is 5.27. The molecule has 0 unspecified atom stereocenters. The predicted octanol–water partition coefficient (Wildman–Crippen LogP) is 3.22. The normalized spacial score (nSPS) is 10.2. The van der Waals surface area contributed by atoms with E-state index >= 15 is 0 Å². The molecule has 0 saturated carbocycles. The van der Waals surface area contributed by atoms with Crippen LogP contribution in [0.25, 0.3) is 0 Å². The fourth-order valence-electron chi connectivity index (χ4n) is 1.59.